The first-order chi connectivity index (χ1) is 8.08. The van der Waals surface area contributed by atoms with Crippen LogP contribution >= 0.6 is 0 Å². The predicted octanol–water partition coefficient (Wildman–Crippen LogP) is 2.97. The molecule has 0 spiro atoms. The van der Waals surface area contributed by atoms with Crippen LogP contribution in [0.4, 0.5) is 10.6 Å². The minimum atomic E-state index is -2.12. The molecule has 0 saturated heterocycles. The van der Waals surface area contributed by atoms with Crippen molar-refractivity contribution in [1.29, 1.82) is 0 Å². The zero-order valence-corrected chi connectivity index (χ0v) is 14.8. The van der Waals surface area contributed by atoms with Crippen LogP contribution in [0.1, 0.15) is 20.8 Å². The molecule has 4 nitrogen and oxygen atoms in total. The number of ether oxygens (including phenoxy) is 1. The van der Waals surface area contributed by atoms with Gasteiger partial charge in [0, 0.05) is 0 Å². The van der Waals surface area contributed by atoms with E-state index in [1.54, 1.807) is 6.20 Å². The number of anilines is 1. The fourth-order valence-electron chi connectivity index (χ4n) is 1.37. The second-order valence-corrected chi connectivity index (χ2v) is 20.8. The number of aromatic nitrogens is 1. The molecular formula is C13H22N2O2Sn. The van der Waals surface area contributed by atoms with Crippen LogP contribution in [0, 0.1) is 0 Å². The minimum absolute atomic E-state index is 0.462. The molecule has 0 atom stereocenters. The third kappa shape index (κ3) is 5.25. The molecule has 1 N–H and O–H groups in total. The van der Waals surface area contributed by atoms with E-state index in [-0.39, 0.29) is 0 Å². The molecule has 0 radical (unpaired) electrons. The van der Waals surface area contributed by atoms with Crippen molar-refractivity contribution in [2.24, 2.45) is 0 Å². The van der Waals surface area contributed by atoms with Gasteiger partial charge in [0.2, 0.25) is 0 Å². The molecule has 0 saturated carbocycles. The first kappa shape index (κ1) is 15.3. The Hall–Kier alpha value is -0.781. The van der Waals surface area contributed by atoms with Crippen molar-refractivity contribution in [2.75, 3.05) is 5.32 Å². The van der Waals surface area contributed by atoms with E-state index in [1.807, 2.05) is 32.9 Å². The zero-order valence-electron chi connectivity index (χ0n) is 12.0. The maximum atomic E-state index is 11.6. The van der Waals surface area contributed by atoms with E-state index >= 15 is 0 Å². The Morgan fingerprint density at radius 3 is 2.44 bits per heavy atom. The average molecular weight is 357 g/mol. The number of pyridine rings is 1. The van der Waals surface area contributed by atoms with Crippen molar-refractivity contribution >= 4 is 33.9 Å². The van der Waals surface area contributed by atoms with Crippen LogP contribution in [0.15, 0.2) is 18.3 Å². The van der Waals surface area contributed by atoms with Gasteiger partial charge in [0.05, 0.1) is 0 Å². The normalized spacial score (nSPS) is 12.1. The van der Waals surface area contributed by atoms with Crippen molar-refractivity contribution in [3.63, 3.8) is 0 Å². The molecule has 0 fully saturated rings. The third-order valence-corrected chi connectivity index (χ3v) is 8.09. The van der Waals surface area contributed by atoms with Gasteiger partial charge < -0.3 is 0 Å². The van der Waals surface area contributed by atoms with Crippen molar-refractivity contribution in [3.05, 3.63) is 18.3 Å². The number of hydrogen-bond acceptors (Lipinski definition) is 3. The summed E-state index contributed by atoms with van der Waals surface area (Å²) in [7, 11) is 0. The van der Waals surface area contributed by atoms with E-state index in [4.69, 9.17) is 4.74 Å². The SMILES string of the molecule is CC(C)(C)OC(=O)Nc1c[c]([Sn]([CH3])([CH3])[CH3])ccn1. The number of carbonyl (C=O) groups excluding carboxylic acids is 1. The third-order valence-electron chi connectivity index (χ3n) is 2.25. The Kier molecular flexibility index (Phi) is 4.64. The molecule has 1 rings (SSSR count). The summed E-state index contributed by atoms with van der Waals surface area (Å²) in [5.41, 5.74) is -0.495. The summed E-state index contributed by atoms with van der Waals surface area (Å²) >= 11 is -2.12. The fraction of sp³-hybridized carbons (Fsp3) is 0.538. The van der Waals surface area contributed by atoms with Gasteiger partial charge in [0.25, 0.3) is 0 Å². The Morgan fingerprint density at radius 2 is 1.94 bits per heavy atom. The molecule has 5 heteroatoms. The second-order valence-electron chi connectivity index (χ2n) is 6.31. The number of carbonyl (C=O) groups is 1. The predicted molar refractivity (Wildman–Crippen MR) is 77.1 cm³/mol. The van der Waals surface area contributed by atoms with Crippen molar-refractivity contribution < 1.29 is 9.53 Å². The topological polar surface area (TPSA) is 51.2 Å². The van der Waals surface area contributed by atoms with Crippen LogP contribution in [-0.2, 0) is 4.74 Å². The molecule has 1 aromatic heterocycles. The molecule has 0 aliphatic rings. The number of amides is 1. The van der Waals surface area contributed by atoms with E-state index in [0.717, 1.165) is 0 Å². The van der Waals surface area contributed by atoms with Gasteiger partial charge in [0.15, 0.2) is 0 Å². The number of hydrogen-bond donors (Lipinski definition) is 1. The molecule has 18 heavy (non-hydrogen) atoms. The molecule has 1 aromatic rings. The van der Waals surface area contributed by atoms with Gasteiger partial charge in [-0.2, -0.15) is 0 Å². The molecule has 0 aliphatic heterocycles. The van der Waals surface area contributed by atoms with Gasteiger partial charge >= 0.3 is 113 Å². The number of nitrogens with one attached hydrogen (secondary N) is 1. The Bertz CT molecular complexity index is 433. The summed E-state index contributed by atoms with van der Waals surface area (Å²) in [6.07, 6.45) is 1.28. The summed E-state index contributed by atoms with van der Waals surface area (Å²) in [6, 6.07) is 4.00. The quantitative estimate of drug-likeness (QED) is 0.829. The van der Waals surface area contributed by atoms with Crippen molar-refractivity contribution in [3.8, 4) is 0 Å². The molecule has 0 aromatic carbocycles. The summed E-state index contributed by atoms with van der Waals surface area (Å²) in [5, 5.41) is 2.67. The van der Waals surface area contributed by atoms with E-state index < -0.39 is 30.1 Å². The molecule has 1 heterocycles. The van der Waals surface area contributed by atoms with Crippen LogP contribution in [0.5, 0.6) is 0 Å². The van der Waals surface area contributed by atoms with Crippen LogP contribution in [0.2, 0.25) is 14.8 Å². The zero-order chi connectivity index (χ0) is 14.0. The monoisotopic (exact) mass is 358 g/mol. The number of nitrogens with zero attached hydrogens (tertiary/aromatic N) is 1. The van der Waals surface area contributed by atoms with E-state index in [2.05, 4.69) is 25.1 Å². The van der Waals surface area contributed by atoms with Gasteiger partial charge in [-0.1, -0.05) is 0 Å². The number of rotatable bonds is 2. The molecule has 1 amide bonds. The molecule has 100 valence electrons. The fourth-order valence-corrected chi connectivity index (χ4v) is 4.64. The van der Waals surface area contributed by atoms with Gasteiger partial charge in [0.1, 0.15) is 0 Å². The summed E-state index contributed by atoms with van der Waals surface area (Å²) in [4.78, 5) is 22.7. The van der Waals surface area contributed by atoms with Crippen LogP contribution in [0.3, 0.4) is 0 Å². The van der Waals surface area contributed by atoms with E-state index in [1.165, 1.54) is 3.58 Å². The van der Waals surface area contributed by atoms with Crippen LogP contribution in [-0.4, -0.2) is 35.1 Å². The van der Waals surface area contributed by atoms with Gasteiger partial charge in [-0.3, -0.25) is 0 Å². The Morgan fingerprint density at radius 1 is 1.33 bits per heavy atom. The Balaban J connectivity index is 2.77. The van der Waals surface area contributed by atoms with Crippen LogP contribution in [0.25, 0.3) is 0 Å². The first-order valence-electron chi connectivity index (χ1n) is 6.04. The van der Waals surface area contributed by atoms with Gasteiger partial charge in [-0.05, 0) is 0 Å². The van der Waals surface area contributed by atoms with Crippen molar-refractivity contribution in [2.45, 2.75) is 41.2 Å². The molecule has 0 aliphatic carbocycles. The Labute approximate surface area is 113 Å². The van der Waals surface area contributed by atoms with Crippen LogP contribution < -0.4 is 8.90 Å². The van der Waals surface area contributed by atoms with Gasteiger partial charge in [-0.15, -0.1) is 0 Å². The summed E-state index contributed by atoms with van der Waals surface area (Å²) in [6.45, 7) is 5.51. The molecule has 0 bridgehead atoms. The first-order valence-corrected chi connectivity index (χ1v) is 16.0. The summed E-state index contributed by atoms with van der Waals surface area (Å²) in [5.74, 6) is 0.563. The standard InChI is InChI=1S/C10H13N2O2.3CH3.Sn/c1-10(2,3)14-9(13)12-8-6-4-5-7-11-8;;;;/h5-7H,1-3H3,(H,11,12,13);3*1H3;. The average Bonchev–Trinajstić information content (AvgIpc) is 2.13. The summed E-state index contributed by atoms with van der Waals surface area (Å²) < 4.78 is 6.52. The van der Waals surface area contributed by atoms with Gasteiger partial charge in [-0.25, -0.2) is 0 Å². The van der Waals surface area contributed by atoms with Crippen molar-refractivity contribution in [1.82, 2.24) is 4.98 Å². The second kappa shape index (κ2) is 5.46. The maximum absolute atomic E-state index is 11.6. The van der Waals surface area contributed by atoms with E-state index in [0.29, 0.717) is 5.82 Å². The molecule has 0 unspecified atom stereocenters. The van der Waals surface area contributed by atoms with E-state index in [9.17, 15) is 4.79 Å². The molecular weight excluding hydrogens is 335 g/mol.